The van der Waals surface area contributed by atoms with Crippen LogP contribution in [0.2, 0.25) is 0 Å². The Bertz CT molecular complexity index is 1570. The van der Waals surface area contributed by atoms with Gasteiger partial charge in [0, 0.05) is 31.5 Å². The van der Waals surface area contributed by atoms with E-state index >= 15 is 0 Å². The van der Waals surface area contributed by atoms with E-state index in [0.717, 1.165) is 29.2 Å². The molecule has 0 amide bonds. The first-order chi connectivity index (χ1) is 18.8. The molecule has 1 aliphatic heterocycles. The van der Waals surface area contributed by atoms with Crippen molar-refractivity contribution in [1.29, 1.82) is 5.26 Å². The van der Waals surface area contributed by atoms with Crippen LogP contribution in [0.25, 0.3) is 17.1 Å². The van der Waals surface area contributed by atoms with Gasteiger partial charge in [0.1, 0.15) is 17.0 Å². The van der Waals surface area contributed by atoms with Gasteiger partial charge in [0.25, 0.3) is 0 Å². The number of benzene rings is 1. The highest BCUT2D eigenvalue weighted by Crippen LogP contribution is 2.39. The van der Waals surface area contributed by atoms with Crippen molar-refractivity contribution in [3.63, 3.8) is 0 Å². The summed E-state index contributed by atoms with van der Waals surface area (Å²) < 4.78 is 110. The molecule has 0 atom stereocenters. The van der Waals surface area contributed by atoms with E-state index in [4.69, 9.17) is 5.26 Å². The topological polar surface area (TPSA) is 117 Å². The Morgan fingerprint density at radius 1 is 1.00 bits per heavy atom. The minimum Gasteiger partial charge on any atom is -0.351 e. The SMILES string of the molecule is N#Cc1cccc(-n2cnc(-c3nc(NC4CCN(S(=O)(=O)C5CC5)CC4)ncc3C(F)(F)F)c2)c1C(F)(F)F. The van der Waals surface area contributed by atoms with Crippen LogP contribution in [0.3, 0.4) is 0 Å². The highest BCUT2D eigenvalue weighted by Gasteiger charge is 2.42. The van der Waals surface area contributed by atoms with Gasteiger partial charge < -0.3 is 9.88 Å². The van der Waals surface area contributed by atoms with Gasteiger partial charge in [0.05, 0.1) is 34.5 Å². The minimum absolute atomic E-state index is 0.163. The molecule has 1 aromatic carbocycles. The molecule has 0 bridgehead atoms. The van der Waals surface area contributed by atoms with Gasteiger partial charge >= 0.3 is 12.4 Å². The molecular formula is C24H21F6N7O2S. The maximum Gasteiger partial charge on any atom is 0.420 e. The Labute approximate surface area is 224 Å². The van der Waals surface area contributed by atoms with E-state index in [2.05, 4.69) is 20.3 Å². The highest BCUT2D eigenvalue weighted by atomic mass is 32.2. The quantitative estimate of drug-likeness (QED) is 0.420. The van der Waals surface area contributed by atoms with E-state index in [1.54, 1.807) is 0 Å². The summed E-state index contributed by atoms with van der Waals surface area (Å²) in [5, 5.41) is 11.8. The number of imidazole rings is 1. The van der Waals surface area contributed by atoms with Crippen molar-refractivity contribution in [1.82, 2.24) is 23.8 Å². The zero-order chi connectivity index (χ0) is 28.9. The van der Waals surface area contributed by atoms with Crippen LogP contribution >= 0.6 is 0 Å². The Morgan fingerprint density at radius 3 is 2.30 bits per heavy atom. The average molecular weight is 586 g/mol. The van der Waals surface area contributed by atoms with Gasteiger partial charge in [-0.2, -0.15) is 31.6 Å². The number of aromatic nitrogens is 4. The fourth-order valence-corrected chi connectivity index (χ4v) is 6.46. The third-order valence-electron chi connectivity index (χ3n) is 6.74. The maximum absolute atomic E-state index is 13.8. The summed E-state index contributed by atoms with van der Waals surface area (Å²) in [6.07, 6.45) is -5.32. The van der Waals surface area contributed by atoms with Crippen LogP contribution in [0.1, 0.15) is 42.4 Å². The van der Waals surface area contributed by atoms with Crippen LogP contribution in [-0.4, -0.2) is 56.6 Å². The number of rotatable bonds is 6. The number of alkyl halides is 6. The summed E-state index contributed by atoms with van der Waals surface area (Å²) in [6, 6.07) is 4.45. The van der Waals surface area contributed by atoms with Gasteiger partial charge in [0.15, 0.2) is 0 Å². The third-order valence-corrected chi connectivity index (χ3v) is 9.14. The zero-order valence-electron chi connectivity index (χ0n) is 20.5. The normalized spacial score (nSPS) is 17.5. The van der Waals surface area contributed by atoms with Gasteiger partial charge in [-0.15, -0.1) is 0 Å². The molecule has 2 fully saturated rings. The van der Waals surface area contributed by atoms with Crippen LogP contribution in [0.5, 0.6) is 0 Å². The van der Waals surface area contributed by atoms with Crippen molar-refractivity contribution < 1.29 is 34.8 Å². The molecule has 212 valence electrons. The summed E-state index contributed by atoms with van der Waals surface area (Å²) in [7, 11) is -3.34. The molecule has 2 aliphatic rings. The predicted molar refractivity (Wildman–Crippen MR) is 129 cm³/mol. The van der Waals surface area contributed by atoms with Gasteiger partial charge in [-0.05, 0) is 37.8 Å². The van der Waals surface area contributed by atoms with E-state index < -0.39 is 50.4 Å². The van der Waals surface area contributed by atoms with E-state index in [9.17, 15) is 34.8 Å². The first kappa shape index (κ1) is 27.8. The first-order valence-electron chi connectivity index (χ1n) is 12.1. The second kappa shape index (κ2) is 10.0. The fourth-order valence-electron chi connectivity index (χ4n) is 4.59. The Balaban J connectivity index is 1.43. The lowest BCUT2D eigenvalue weighted by Gasteiger charge is -2.31. The number of hydrogen-bond donors (Lipinski definition) is 1. The number of sulfonamides is 1. The second-order valence-electron chi connectivity index (χ2n) is 9.49. The number of nitrogens with one attached hydrogen (secondary N) is 1. The number of nitriles is 1. The predicted octanol–water partition coefficient (Wildman–Crippen LogP) is 4.61. The minimum atomic E-state index is -4.91. The Kier molecular flexibility index (Phi) is 6.99. The summed E-state index contributed by atoms with van der Waals surface area (Å²) in [5.74, 6) is -0.163. The molecule has 1 aliphatic carbocycles. The molecule has 1 N–H and O–H groups in total. The molecule has 3 aromatic rings. The second-order valence-corrected chi connectivity index (χ2v) is 11.7. The number of hydrogen-bond acceptors (Lipinski definition) is 7. The van der Waals surface area contributed by atoms with Crippen LogP contribution < -0.4 is 5.32 Å². The summed E-state index contributed by atoms with van der Waals surface area (Å²) in [4.78, 5) is 11.7. The lowest BCUT2D eigenvalue weighted by atomic mass is 10.1. The standard InChI is InChI=1S/C24H21F6N7O2S/c25-23(26,27)17-11-32-22(34-15-6-8-37(9-7-15)40(38,39)16-4-5-16)35-21(17)18-12-36(13-33-18)19-3-1-2-14(10-31)20(19)24(28,29)30/h1-3,11-13,15-16H,4-9H2,(H,32,34,35). The van der Waals surface area contributed by atoms with Crippen molar-refractivity contribution in [3.05, 3.63) is 53.6 Å². The van der Waals surface area contributed by atoms with E-state index in [-0.39, 0.29) is 36.0 Å². The van der Waals surface area contributed by atoms with Crippen LogP contribution in [-0.2, 0) is 22.4 Å². The number of nitrogens with zero attached hydrogens (tertiary/aromatic N) is 6. The zero-order valence-corrected chi connectivity index (χ0v) is 21.4. The van der Waals surface area contributed by atoms with Gasteiger partial charge in [-0.25, -0.2) is 27.7 Å². The molecule has 16 heteroatoms. The third kappa shape index (κ3) is 5.48. The molecule has 1 saturated heterocycles. The summed E-state index contributed by atoms with van der Waals surface area (Å²) >= 11 is 0. The van der Waals surface area contributed by atoms with Crippen LogP contribution in [0, 0.1) is 11.3 Å². The van der Waals surface area contributed by atoms with E-state index in [1.165, 1.54) is 16.4 Å². The van der Waals surface area contributed by atoms with Crippen LogP contribution in [0.15, 0.2) is 36.9 Å². The monoisotopic (exact) mass is 585 g/mol. The molecule has 0 unspecified atom stereocenters. The Hall–Kier alpha value is -3.71. The lowest BCUT2D eigenvalue weighted by Crippen LogP contribution is -2.43. The summed E-state index contributed by atoms with van der Waals surface area (Å²) in [6.45, 7) is 0.495. The number of anilines is 1. The van der Waals surface area contributed by atoms with Gasteiger partial charge in [-0.1, -0.05) is 6.07 Å². The molecule has 5 rings (SSSR count). The molecule has 0 radical (unpaired) electrons. The molecule has 40 heavy (non-hydrogen) atoms. The van der Waals surface area contributed by atoms with Crippen LogP contribution in [0.4, 0.5) is 32.3 Å². The summed E-state index contributed by atoms with van der Waals surface area (Å²) in [5.41, 5.74) is -4.64. The number of piperidine rings is 1. The Morgan fingerprint density at radius 2 is 1.70 bits per heavy atom. The molecule has 0 spiro atoms. The maximum atomic E-state index is 13.8. The molecule has 3 heterocycles. The first-order valence-corrected chi connectivity index (χ1v) is 13.6. The molecule has 1 saturated carbocycles. The van der Waals surface area contributed by atoms with E-state index in [0.29, 0.717) is 31.9 Å². The van der Waals surface area contributed by atoms with E-state index in [1.807, 2.05) is 0 Å². The average Bonchev–Trinajstić information content (AvgIpc) is 3.65. The van der Waals surface area contributed by atoms with Gasteiger partial charge in [0.2, 0.25) is 16.0 Å². The molecular weight excluding hydrogens is 564 g/mol. The lowest BCUT2D eigenvalue weighted by molar-refractivity contribution is -0.138. The number of halogens is 6. The smallest absolute Gasteiger partial charge is 0.351 e. The van der Waals surface area contributed by atoms with Crippen molar-refractivity contribution in [2.24, 2.45) is 0 Å². The van der Waals surface area contributed by atoms with Gasteiger partial charge in [-0.3, -0.25) is 0 Å². The largest absolute Gasteiger partial charge is 0.420 e. The molecule has 2 aromatic heterocycles. The highest BCUT2D eigenvalue weighted by molar-refractivity contribution is 7.90. The molecule has 9 nitrogen and oxygen atoms in total. The van der Waals surface area contributed by atoms with Crippen molar-refractivity contribution in [2.75, 3.05) is 18.4 Å². The fraction of sp³-hybridized carbons (Fsp3) is 0.417. The van der Waals surface area contributed by atoms with Crippen molar-refractivity contribution in [3.8, 4) is 23.1 Å². The van der Waals surface area contributed by atoms with Crippen molar-refractivity contribution in [2.45, 2.75) is 49.3 Å². The van der Waals surface area contributed by atoms with Crippen molar-refractivity contribution >= 4 is 16.0 Å².